The van der Waals surface area contributed by atoms with Gasteiger partial charge in [-0.1, -0.05) is 344 Å². The third kappa shape index (κ3) is 19.6. The van der Waals surface area contributed by atoms with Gasteiger partial charge in [-0.3, -0.25) is 0 Å². The Bertz CT molecular complexity index is 3120. The smallest absolute Gasteiger partial charge is 0.0150 e. The van der Waals surface area contributed by atoms with Crippen LogP contribution in [0.5, 0.6) is 0 Å². The van der Waals surface area contributed by atoms with Crippen molar-refractivity contribution in [1.29, 1.82) is 0 Å². The van der Waals surface area contributed by atoms with E-state index in [1.807, 2.05) is 0 Å². The summed E-state index contributed by atoms with van der Waals surface area (Å²) >= 11 is 0. The molecule has 10 unspecified atom stereocenters. The SMILES string of the molecule is CCCC(CC(CC(CC(CC(CC)c1ccccc1)c1ccccc1)c1ccccc1)c1ccccc1)c1ccccc1.CCCC(CC(CC(CC(CC(CC)c1ccccc1)c1ccccc1)c1ccccc1)c1ccccc1)c1ccccc1. The lowest BCUT2D eigenvalue weighted by atomic mass is 9.73. The predicted molar refractivity (Wildman–Crippen MR) is 379 cm³/mol. The second-order valence-electron chi connectivity index (χ2n) is 25.4. The Kier molecular flexibility index (Phi) is 26.4. The first-order chi connectivity index (χ1) is 43.5. The van der Waals surface area contributed by atoms with E-state index in [0.29, 0.717) is 59.2 Å². The topological polar surface area (TPSA) is 0 Å². The fourth-order valence-corrected chi connectivity index (χ4v) is 14.8. The summed E-state index contributed by atoms with van der Waals surface area (Å²) in [7, 11) is 0. The summed E-state index contributed by atoms with van der Waals surface area (Å²) in [5.41, 5.74) is 14.8. The number of rotatable bonds is 32. The van der Waals surface area contributed by atoms with Crippen molar-refractivity contribution in [2.45, 2.75) is 177 Å². The molecule has 10 aromatic rings. The zero-order chi connectivity index (χ0) is 60.8. The molecule has 0 heteroatoms. The Morgan fingerprint density at radius 3 is 0.432 bits per heavy atom. The monoisotopic (exact) mass is 1160 g/mol. The Hall–Kier alpha value is -7.80. The first kappa shape index (κ1) is 64.7. The largest absolute Gasteiger partial charge is 0.0654 e. The molecular formula is C88H100. The van der Waals surface area contributed by atoms with Crippen LogP contribution in [-0.2, 0) is 0 Å². The number of benzene rings is 10. The molecule has 452 valence electrons. The van der Waals surface area contributed by atoms with Gasteiger partial charge in [0, 0.05) is 0 Å². The van der Waals surface area contributed by atoms with Crippen LogP contribution >= 0.6 is 0 Å². The molecule has 10 atom stereocenters. The molecule has 0 N–H and O–H groups in total. The van der Waals surface area contributed by atoms with Gasteiger partial charge in [0.2, 0.25) is 0 Å². The molecule has 0 fully saturated rings. The molecule has 0 aliphatic rings. The zero-order valence-electron chi connectivity index (χ0n) is 53.5. The highest BCUT2D eigenvalue weighted by atomic mass is 14.3. The summed E-state index contributed by atoms with van der Waals surface area (Å²) in [5, 5.41) is 0. The van der Waals surface area contributed by atoms with Crippen molar-refractivity contribution in [2.75, 3.05) is 0 Å². The number of hydrogen-bond acceptors (Lipinski definition) is 0. The lowest BCUT2D eigenvalue weighted by molar-refractivity contribution is 0.397. The minimum absolute atomic E-state index is 0.470. The molecule has 0 saturated carbocycles. The van der Waals surface area contributed by atoms with Crippen molar-refractivity contribution in [3.8, 4) is 0 Å². The van der Waals surface area contributed by atoms with Gasteiger partial charge in [-0.15, -0.1) is 0 Å². The maximum atomic E-state index is 2.38. The number of hydrogen-bond donors (Lipinski definition) is 0. The molecule has 10 rings (SSSR count). The van der Waals surface area contributed by atoms with Crippen LogP contribution < -0.4 is 0 Å². The summed E-state index contributed by atoms with van der Waals surface area (Å²) in [6, 6.07) is 113. The van der Waals surface area contributed by atoms with Crippen LogP contribution in [0.2, 0.25) is 0 Å². The summed E-state index contributed by atoms with van der Waals surface area (Å²) in [6.07, 6.45) is 16.5. The van der Waals surface area contributed by atoms with E-state index in [-0.39, 0.29) is 0 Å². The highest BCUT2D eigenvalue weighted by molar-refractivity contribution is 5.33. The van der Waals surface area contributed by atoms with Crippen LogP contribution in [-0.4, -0.2) is 0 Å². The van der Waals surface area contributed by atoms with Crippen molar-refractivity contribution in [3.63, 3.8) is 0 Å². The molecule has 0 nitrogen and oxygen atoms in total. The fourth-order valence-electron chi connectivity index (χ4n) is 14.8. The molecule has 0 aliphatic heterocycles. The fraction of sp³-hybridized carbons (Fsp3) is 0.318. The molecule has 0 bridgehead atoms. The van der Waals surface area contributed by atoms with Gasteiger partial charge in [0.05, 0.1) is 0 Å². The van der Waals surface area contributed by atoms with Crippen LogP contribution in [0.25, 0.3) is 0 Å². The highest BCUT2D eigenvalue weighted by Gasteiger charge is 2.30. The van der Waals surface area contributed by atoms with Crippen molar-refractivity contribution < 1.29 is 0 Å². The molecule has 0 radical (unpaired) electrons. The second kappa shape index (κ2) is 35.9. The van der Waals surface area contributed by atoms with E-state index in [2.05, 4.69) is 331 Å². The highest BCUT2D eigenvalue weighted by Crippen LogP contribution is 2.47. The first-order valence-corrected chi connectivity index (χ1v) is 34.0. The van der Waals surface area contributed by atoms with Crippen molar-refractivity contribution in [3.05, 3.63) is 359 Å². The summed E-state index contributed by atoms with van der Waals surface area (Å²) in [6.45, 7) is 9.39. The lowest BCUT2D eigenvalue weighted by Gasteiger charge is -2.32. The maximum absolute atomic E-state index is 2.38. The van der Waals surface area contributed by atoms with Gasteiger partial charge in [0.25, 0.3) is 0 Å². The van der Waals surface area contributed by atoms with Gasteiger partial charge in [-0.05, 0) is 192 Å². The van der Waals surface area contributed by atoms with Crippen molar-refractivity contribution >= 4 is 0 Å². The predicted octanol–water partition coefficient (Wildman–Crippen LogP) is 25.4. The maximum Gasteiger partial charge on any atom is -0.0150 e. The van der Waals surface area contributed by atoms with Crippen LogP contribution in [0, 0.1) is 0 Å². The van der Waals surface area contributed by atoms with E-state index in [0.717, 1.165) is 38.5 Å². The van der Waals surface area contributed by atoms with Crippen LogP contribution in [0.1, 0.15) is 232 Å². The van der Waals surface area contributed by atoms with Crippen molar-refractivity contribution in [1.82, 2.24) is 0 Å². The molecule has 0 saturated heterocycles. The standard InChI is InChI=1S/2C44H50/c2*1-3-20-41(37-23-12-6-13-24-37)32-43(39-27-16-8-17-28-39)34-44(40-29-18-9-19-30-40)33-42(38-25-14-7-15-26-38)31-35(4-2)36-21-10-5-11-22-36/h2*5-19,21-30,35,41-44H,3-4,20,31-34H2,1-2H3. The molecule has 0 spiro atoms. The van der Waals surface area contributed by atoms with E-state index in [1.165, 1.54) is 107 Å². The van der Waals surface area contributed by atoms with E-state index >= 15 is 0 Å². The second-order valence-corrected chi connectivity index (χ2v) is 25.4. The quantitative estimate of drug-likeness (QED) is 0.0394. The molecule has 0 heterocycles. The first-order valence-electron chi connectivity index (χ1n) is 34.0. The minimum atomic E-state index is 0.470. The summed E-state index contributed by atoms with van der Waals surface area (Å²) < 4.78 is 0. The van der Waals surface area contributed by atoms with E-state index in [9.17, 15) is 0 Å². The minimum Gasteiger partial charge on any atom is -0.0654 e. The van der Waals surface area contributed by atoms with Crippen molar-refractivity contribution in [2.24, 2.45) is 0 Å². The van der Waals surface area contributed by atoms with E-state index < -0.39 is 0 Å². The molecule has 10 aromatic carbocycles. The Balaban J connectivity index is 0.000000209. The average Bonchev–Trinajstić information content (AvgIpc) is 3.76. The van der Waals surface area contributed by atoms with Crippen LogP contribution in [0.3, 0.4) is 0 Å². The van der Waals surface area contributed by atoms with Gasteiger partial charge >= 0.3 is 0 Å². The van der Waals surface area contributed by atoms with E-state index in [1.54, 1.807) is 0 Å². The zero-order valence-corrected chi connectivity index (χ0v) is 53.5. The molecule has 0 amide bonds. The van der Waals surface area contributed by atoms with Crippen LogP contribution in [0.15, 0.2) is 303 Å². The molecule has 88 heavy (non-hydrogen) atoms. The average molecular weight is 1160 g/mol. The van der Waals surface area contributed by atoms with E-state index in [4.69, 9.17) is 0 Å². The van der Waals surface area contributed by atoms with Gasteiger partial charge in [0.1, 0.15) is 0 Å². The lowest BCUT2D eigenvalue weighted by Crippen LogP contribution is -2.15. The molecule has 0 aromatic heterocycles. The van der Waals surface area contributed by atoms with Crippen LogP contribution in [0.4, 0.5) is 0 Å². The molecule has 0 aliphatic carbocycles. The summed E-state index contributed by atoms with van der Waals surface area (Å²) in [4.78, 5) is 0. The third-order valence-electron chi connectivity index (χ3n) is 19.5. The van der Waals surface area contributed by atoms with Gasteiger partial charge in [-0.2, -0.15) is 0 Å². The Morgan fingerprint density at radius 1 is 0.159 bits per heavy atom. The Morgan fingerprint density at radius 2 is 0.284 bits per heavy atom. The summed E-state index contributed by atoms with van der Waals surface area (Å²) in [5.74, 6) is 5.13. The van der Waals surface area contributed by atoms with Gasteiger partial charge < -0.3 is 0 Å². The van der Waals surface area contributed by atoms with Gasteiger partial charge in [-0.25, -0.2) is 0 Å². The Labute approximate surface area is 532 Å². The third-order valence-corrected chi connectivity index (χ3v) is 19.5. The van der Waals surface area contributed by atoms with Gasteiger partial charge in [0.15, 0.2) is 0 Å². The molecular weight excluding hydrogens is 1060 g/mol. The normalized spacial score (nSPS) is 14.8.